The molecule has 0 aromatic heterocycles. The van der Waals surface area contributed by atoms with Crippen molar-refractivity contribution < 1.29 is 0 Å². The van der Waals surface area contributed by atoms with Gasteiger partial charge in [0.15, 0.2) is 0 Å². The maximum absolute atomic E-state index is 2.37. The molecular weight excluding hydrogens is 591 g/mol. The Bertz CT molecular complexity index is 2600. The van der Waals surface area contributed by atoms with Gasteiger partial charge in [-0.25, -0.2) is 0 Å². The summed E-state index contributed by atoms with van der Waals surface area (Å²) in [5.74, 6) is 0. The van der Waals surface area contributed by atoms with Crippen molar-refractivity contribution in [2.24, 2.45) is 0 Å². The minimum Gasteiger partial charge on any atom is -0.310 e. The van der Waals surface area contributed by atoms with Gasteiger partial charge in [0.25, 0.3) is 0 Å². The van der Waals surface area contributed by atoms with Crippen LogP contribution >= 0.6 is 0 Å². The molecular formula is C48H33N. The third-order valence-electron chi connectivity index (χ3n) is 9.59. The zero-order valence-electron chi connectivity index (χ0n) is 27.0. The summed E-state index contributed by atoms with van der Waals surface area (Å²) < 4.78 is 0. The predicted molar refractivity (Wildman–Crippen MR) is 210 cm³/mol. The van der Waals surface area contributed by atoms with Crippen LogP contribution in [0.5, 0.6) is 0 Å². The number of hydrogen-bond donors (Lipinski definition) is 0. The Morgan fingerprint density at radius 2 is 0.694 bits per heavy atom. The van der Waals surface area contributed by atoms with Crippen LogP contribution in [0.4, 0.5) is 17.1 Å². The second kappa shape index (κ2) is 12.3. The van der Waals surface area contributed by atoms with Gasteiger partial charge >= 0.3 is 0 Å². The van der Waals surface area contributed by atoms with E-state index in [0.29, 0.717) is 0 Å². The number of rotatable bonds is 6. The fourth-order valence-electron chi connectivity index (χ4n) is 7.08. The zero-order chi connectivity index (χ0) is 32.6. The predicted octanol–water partition coefficient (Wildman–Crippen LogP) is 13.6. The molecule has 1 heteroatoms. The van der Waals surface area contributed by atoms with Gasteiger partial charge in [0.1, 0.15) is 0 Å². The summed E-state index contributed by atoms with van der Waals surface area (Å²) in [6.07, 6.45) is 0. The van der Waals surface area contributed by atoms with E-state index < -0.39 is 0 Å². The summed E-state index contributed by atoms with van der Waals surface area (Å²) in [5.41, 5.74) is 10.6. The van der Waals surface area contributed by atoms with Crippen molar-refractivity contribution >= 4 is 49.4 Å². The first-order chi connectivity index (χ1) is 24.3. The topological polar surface area (TPSA) is 3.24 Å². The van der Waals surface area contributed by atoms with Crippen molar-refractivity contribution in [3.05, 3.63) is 200 Å². The molecule has 0 spiro atoms. The van der Waals surface area contributed by atoms with Crippen molar-refractivity contribution in [1.82, 2.24) is 0 Å². The molecule has 0 amide bonds. The Hall–Kier alpha value is -6.44. The van der Waals surface area contributed by atoms with E-state index in [0.717, 1.165) is 17.1 Å². The van der Waals surface area contributed by atoms with Crippen LogP contribution in [0, 0.1) is 0 Å². The average Bonchev–Trinajstić information content (AvgIpc) is 3.18. The molecule has 0 aliphatic heterocycles. The first-order valence-electron chi connectivity index (χ1n) is 16.8. The Morgan fingerprint density at radius 3 is 1.37 bits per heavy atom. The standard InChI is InChI=1S/C48H33N/c1-2-11-34(12-3-1)40-19-10-20-45(30-40)49(46-28-23-36-14-5-7-16-39(36)31-46)44-26-24-37(25-27-44)47-32-41-17-8-9-18-42(41)33-48(47)43-22-21-35-13-4-6-15-38(35)29-43/h1-33H. The van der Waals surface area contributed by atoms with Gasteiger partial charge in [-0.05, 0) is 120 Å². The molecule has 0 aliphatic rings. The summed E-state index contributed by atoms with van der Waals surface area (Å²) in [6, 6.07) is 72.6. The number of fused-ring (bicyclic) bond motifs is 3. The summed E-state index contributed by atoms with van der Waals surface area (Å²) in [5, 5.41) is 7.43. The van der Waals surface area contributed by atoms with Crippen molar-refractivity contribution in [3.8, 4) is 33.4 Å². The van der Waals surface area contributed by atoms with Crippen LogP contribution in [0.25, 0.3) is 65.7 Å². The van der Waals surface area contributed by atoms with Gasteiger partial charge < -0.3 is 4.90 Å². The lowest BCUT2D eigenvalue weighted by atomic mass is 9.90. The normalized spacial score (nSPS) is 11.3. The maximum atomic E-state index is 2.37. The monoisotopic (exact) mass is 623 g/mol. The second-order valence-corrected chi connectivity index (χ2v) is 12.6. The van der Waals surface area contributed by atoms with Crippen molar-refractivity contribution in [3.63, 3.8) is 0 Å². The third-order valence-corrected chi connectivity index (χ3v) is 9.59. The van der Waals surface area contributed by atoms with Gasteiger partial charge in [0.2, 0.25) is 0 Å². The largest absolute Gasteiger partial charge is 0.310 e. The summed E-state index contributed by atoms with van der Waals surface area (Å²) in [4.78, 5) is 2.37. The second-order valence-electron chi connectivity index (χ2n) is 12.6. The lowest BCUT2D eigenvalue weighted by molar-refractivity contribution is 1.29. The van der Waals surface area contributed by atoms with Crippen LogP contribution in [-0.4, -0.2) is 0 Å². The van der Waals surface area contributed by atoms with Crippen LogP contribution in [-0.2, 0) is 0 Å². The highest BCUT2D eigenvalue weighted by molar-refractivity contribution is 5.99. The Morgan fingerprint density at radius 1 is 0.224 bits per heavy atom. The van der Waals surface area contributed by atoms with Gasteiger partial charge in [-0.15, -0.1) is 0 Å². The van der Waals surface area contributed by atoms with Gasteiger partial charge in [-0.2, -0.15) is 0 Å². The van der Waals surface area contributed by atoms with E-state index in [1.54, 1.807) is 0 Å². The molecule has 0 bridgehead atoms. The van der Waals surface area contributed by atoms with Crippen molar-refractivity contribution in [2.75, 3.05) is 4.90 Å². The zero-order valence-corrected chi connectivity index (χ0v) is 27.0. The molecule has 0 saturated carbocycles. The maximum Gasteiger partial charge on any atom is 0.0468 e. The first kappa shape index (κ1) is 28.8. The molecule has 0 atom stereocenters. The highest BCUT2D eigenvalue weighted by Crippen LogP contribution is 2.41. The molecule has 0 radical (unpaired) electrons. The quantitative estimate of drug-likeness (QED) is 0.178. The lowest BCUT2D eigenvalue weighted by Crippen LogP contribution is -2.10. The molecule has 0 heterocycles. The summed E-state index contributed by atoms with van der Waals surface area (Å²) in [7, 11) is 0. The highest BCUT2D eigenvalue weighted by Gasteiger charge is 2.16. The van der Waals surface area contributed by atoms with Crippen LogP contribution < -0.4 is 4.90 Å². The fourth-order valence-corrected chi connectivity index (χ4v) is 7.08. The van der Waals surface area contributed by atoms with E-state index in [1.807, 2.05) is 0 Å². The van der Waals surface area contributed by atoms with Crippen molar-refractivity contribution in [1.29, 1.82) is 0 Å². The highest BCUT2D eigenvalue weighted by atomic mass is 15.1. The molecule has 9 rings (SSSR count). The van der Waals surface area contributed by atoms with E-state index in [1.165, 1.54) is 65.7 Å². The SMILES string of the molecule is c1ccc(-c2cccc(N(c3ccc(-c4cc5ccccc5cc4-c4ccc5ccccc5c4)cc3)c3ccc4ccccc4c3)c2)cc1. The molecule has 9 aromatic carbocycles. The smallest absolute Gasteiger partial charge is 0.0468 e. The average molecular weight is 624 g/mol. The Labute approximate surface area is 287 Å². The number of benzene rings is 9. The molecule has 0 unspecified atom stereocenters. The van der Waals surface area contributed by atoms with Gasteiger partial charge in [0.05, 0.1) is 0 Å². The number of hydrogen-bond acceptors (Lipinski definition) is 1. The lowest BCUT2D eigenvalue weighted by Gasteiger charge is -2.27. The molecule has 9 aromatic rings. The molecule has 0 N–H and O–H groups in total. The van der Waals surface area contributed by atoms with Crippen molar-refractivity contribution in [2.45, 2.75) is 0 Å². The minimum atomic E-state index is 1.11. The molecule has 1 nitrogen and oxygen atoms in total. The Balaban J connectivity index is 1.18. The van der Waals surface area contributed by atoms with Crippen LogP contribution in [0.2, 0.25) is 0 Å². The molecule has 0 fully saturated rings. The first-order valence-corrected chi connectivity index (χ1v) is 16.8. The molecule has 230 valence electrons. The van der Waals surface area contributed by atoms with E-state index in [9.17, 15) is 0 Å². The van der Waals surface area contributed by atoms with E-state index in [-0.39, 0.29) is 0 Å². The van der Waals surface area contributed by atoms with E-state index in [4.69, 9.17) is 0 Å². The number of nitrogens with zero attached hydrogens (tertiary/aromatic N) is 1. The molecule has 0 aliphatic carbocycles. The van der Waals surface area contributed by atoms with Crippen LogP contribution in [0.1, 0.15) is 0 Å². The van der Waals surface area contributed by atoms with Gasteiger partial charge in [-0.1, -0.05) is 146 Å². The van der Waals surface area contributed by atoms with Crippen LogP contribution in [0.15, 0.2) is 200 Å². The minimum absolute atomic E-state index is 1.11. The van der Waals surface area contributed by atoms with E-state index >= 15 is 0 Å². The molecule has 0 saturated heterocycles. The van der Waals surface area contributed by atoms with E-state index in [2.05, 4.69) is 205 Å². The fraction of sp³-hybridized carbons (Fsp3) is 0. The Kier molecular flexibility index (Phi) is 7.22. The van der Waals surface area contributed by atoms with Gasteiger partial charge in [0, 0.05) is 17.1 Å². The molecule has 49 heavy (non-hydrogen) atoms. The van der Waals surface area contributed by atoms with Crippen LogP contribution in [0.3, 0.4) is 0 Å². The van der Waals surface area contributed by atoms with Gasteiger partial charge in [-0.3, -0.25) is 0 Å². The summed E-state index contributed by atoms with van der Waals surface area (Å²) in [6.45, 7) is 0. The summed E-state index contributed by atoms with van der Waals surface area (Å²) >= 11 is 0. The number of anilines is 3. The third kappa shape index (κ3) is 5.52.